The molecule has 0 bridgehead atoms. The molecule has 2 aromatic rings. The Labute approximate surface area is 155 Å². The van der Waals surface area contributed by atoms with E-state index in [1.807, 2.05) is 24.3 Å². The zero-order valence-corrected chi connectivity index (χ0v) is 15.5. The van der Waals surface area contributed by atoms with Gasteiger partial charge in [-0.05, 0) is 32.1 Å². The van der Waals surface area contributed by atoms with Crippen LogP contribution in [0.25, 0.3) is 11.3 Å². The Balaban J connectivity index is 1.70. The molecule has 1 aromatic carbocycles. The van der Waals surface area contributed by atoms with Crippen molar-refractivity contribution in [2.75, 3.05) is 37.4 Å². The molecule has 0 saturated heterocycles. The SMILES string of the molecule is COCCNc1nc(NCCC2=CCCCC2)cc(-c2ccccc2)n1. The number of allylic oxidation sites excluding steroid dienone is 1. The first-order valence-electron chi connectivity index (χ1n) is 9.44. The number of methoxy groups -OCH3 is 1. The Bertz CT molecular complexity index is 715. The molecule has 138 valence electrons. The summed E-state index contributed by atoms with van der Waals surface area (Å²) in [6.45, 7) is 2.20. The van der Waals surface area contributed by atoms with Gasteiger partial charge in [-0.1, -0.05) is 42.0 Å². The molecule has 0 fully saturated rings. The van der Waals surface area contributed by atoms with Crippen LogP contribution in [-0.2, 0) is 4.74 Å². The third kappa shape index (κ3) is 5.56. The van der Waals surface area contributed by atoms with Crippen LogP contribution in [0.15, 0.2) is 48.0 Å². The summed E-state index contributed by atoms with van der Waals surface area (Å²) in [6.07, 6.45) is 8.61. The Kier molecular flexibility index (Phi) is 7.02. The number of benzene rings is 1. The first kappa shape index (κ1) is 18.4. The van der Waals surface area contributed by atoms with Crippen molar-refractivity contribution in [3.05, 3.63) is 48.0 Å². The maximum absolute atomic E-state index is 5.10. The van der Waals surface area contributed by atoms with Crippen LogP contribution in [0, 0.1) is 0 Å². The molecule has 0 amide bonds. The van der Waals surface area contributed by atoms with E-state index in [1.54, 1.807) is 12.7 Å². The lowest BCUT2D eigenvalue weighted by molar-refractivity contribution is 0.210. The van der Waals surface area contributed by atoms with E-state index in [1.165, 1.54) is 25.7 Å². The van der Waals surface area contributed by atoms with E-state index < -0.39 is 0 Å². The predicted octanol–water partition coefficient (Wildman–Crippen LogP) is 4.50. The van der Waals surface area contributed by atoms with Gasteiger partial charge in [-0.2, -0.15) is 4.98 Å². The minimum atomic E-state index is 0.621. The molecule has 0 spiro atoms. The molecule has 0 atom stereocenters. The van der Waals surface area contributed by atoms with E-state index in [-0.39, 0.29) is 0 Å². The Morgan fingerprint density at radius 1 is 1.04 bits per heavy atom. The van der Waals surface area contributed by atoms with Crippen molar-refractivity contribution in [3.63, 3.8) is 0 Å². The largest absolute Gasteiger partial charge is 0.383 e. The normalized spacial score (nSPS) is 14.0. The molecular formula is C21H28N4O. The Morgan fingerprint density at radius 3 is 2.69 bits per heavy atom. The third-order valence-electron chi connectivity index (χ3n) is 4.52. The van der Waals surface area contributed by atoms with Crippen LogP contribution in [0.5, 0.6) is 0 Å². The van der Waals surface area contributed by atoms with E-state index in [9.17, 15) is 0 Å². The highest BCUT2D eigenvalue weighted by Crippen LogP contribution is 2.23. The quantitative estimate of drug-likeness (QED) is 0.514. The van der Waals surface area contributed by atoms with Crippen LogP contribution in [0.1, 0.15) is 32.1 Å². The standard InChI is InChI=1S/C21H28N4O/c1-26-15-14-23-21-24-19(18-10-6-3-7-11-18)16-20(25-21)22-13-12-17-8-4-2-5-9-17/h3,6-8,10-11,16H,2,4-5,9,12-15H2,1H3,(H2,22,23,24,25). The summed E-state index contributed by atoms with van der Waals surface area (Å²) in [5, 5.41) is 6.71. The van der Waals surface area contributed by atoms with Gasteiger partial charge in [-0.3, -0.25) is 0 Å². The van der Waals surface area contributed by atoms with Gasteiger partial charge in [0.05, 0.1) is 12.3 Å². The summed E-state index contributed by atoms with van der Waals surface area (Å²) in [5.74, 6) is 1.48. The number of hydrogen-bond donors (Lipinski definition) is 2. The van der Waals surface area contributed by atoms with Crippen LogP contribution in [0.2, 0.25) is 0 Å². The molecule has 0 aliphatic heterocycles. The number of hydrogen-bond acceptors (Lipinski definition) is 5. The van der Waals surface area contributed by atoms with Gasteiger partial charge in [0.1, 0.15) is 5.82 Å². The highest BCUT2D eigenvalue weighted by atomic mass is 16.5. The monoisotopic (exact) mass is 352 g/mol. The third-order valence-corrected chi connectivity index (χ3v) is 4.52. The molecule has 1 heterocycles. The van der Waals surface area contributed by atoms with Crippen molar-refractivity contribution >= 4 is 11.8 Å². The Hall–Kier alpha value is -2.40. The first-order chi connectivity index (χ1) is 12.8. The summed E-state index contributed by atoms with van der Waals surface area (Å²) in [4.78, 5) is 9.25. The van der Waals surface area contributed by atoms with Crippen molar-refractivity contribution in [2.45, 2.75) is 32.1 Å². The van der Waals surface area contributed by atoms with Crippen LogP contribution in [-0.4, -0.2) is 36.8 Å². The number of aromatic nitrogens is 2. The van der Waals surface area contributed by atoms with Crippen LogP contribution >= 0.6 is 0 Å². The second-order valence-electron chi connectivity index (χ2n) is 6.53. The zero-order valence-electron chi connectivity index (χ0n) is 15.5. The van der Waals surface area contributed by atoms with Gasteiger partial charge < -0.3 is 15.4 Å². The van der Waals surface area contributed by atoms with E-state index in [0.717, 1.165) is 30.0 Å². The van der Waals surface area contributed by atoms with Crippen molar-refractivity contribution in [1.29, 1.82) is 0 Å². The fourth-order valence-electron chi connectivity index (χ4n) is 3.12. The van der Waals surface area contributed by atoms with Crippen LogP contribution < -0.4 is 10.6 Å². The molecule has 2 N–H and O–H groups in total. The molecule has 3 rings (SSSR count). The van der Waals surface area contributed by atoms with Crippen molar-refractivity contribution in [3.8, 4) is 11.3 Å². The minimum absolute atomic E-state index is 0.621. The predicted molar refractivity (Wildman–Crippen MR) is 107 cm³/mol. The van der Waals surface area contributed by atoms with Crippen molar-refractivity contribution in [1.82, 2.24) is 9.97 Å². The summed E-state index contributed by atoms with van der Waals surface area (Å²) >= 11 is 0. The molecule has 1 aromatic heterocycles. The summed E-state index contributed by atoms with van der Waals surface area (Å²) in [7, 11) is 1.69. The molecule has 0 saturated carbocycles. The second kappa shape index (κ2) is 9.92. The van der Waals surface area contributed by atoms with E-state index in [0.29, 0.717) is 19.1 Å². The zero-order chi connectivity index (χ0) is 18.0. The van der Waals surface area contributed by atoms with E-state index in [2.05, 4.69) is 38.8 Å². The molecule has 0 unspecified atom stereocenters. The van der Waals surface area contributed by atoms with Crippen LogP contribution in [0.3, 0.4) is 0 Å². The summed E-state index contributed by atoms with van der Waals surface area (Å²) in [6, 6.07) is 12.2. The molecule has 1 aliphatic rings. The van der Waals surface area contributed by atoms with E-state index >= 15 is 0 Å². The summed E-state index contributed by atoms with van der Waals surface area (Å²) in [5.41, 5.74) is 3.57. The average Bonchev–Trinajstić information content (AvgIpc) is 2.70. The molecule has 0 radical (unpaired) electrons. The number of anilines is 2. The van der Waals surface area contributed by atoms with Gasteiger partial charge in [0, 0.05) is 31.8 Å². The first-order valence-corrected chi connectivity index (χ1v) is 9.44. The molecular weight excluding hydrogens is 324 g/mol. The highest BCUT2D eigenvalue weighted by Gasteiger charge is 2.08. The number of ether oxygens (including phenoxy) is 1. The minimum Gasteiger partial charge on any atom is -0.383 e. The molecule has 1 aliphatic carbocycles. The van der Waals surface area contributed by atoms with Gasteiger partial charge in [0.2, 0.25) is 5.95 Å². The van der Waals surface area contributed by atoms with Gasteiger partial charge in [-0.15, -0.1) is 0 Å². The highest BCUT2D eigenvalue weighted by molar-refractivity contribution is 5.64. The fraction of sp³-hybridized carbons (Fsp3) is 0.429. The van der Waals surface area contributed by atoms with Gasteiger partial charge >= 0.3 is 0 Å². The fourth-order valence-corrected chi connectivity index (χ4v) is 3.12. The molecule has 26 heavy (non-hydrogen) atoms. The Morgan fingerprint density at radius 2 is 1.92 bits per heavy atom. The number of rotatable bonds is 9. The number of nitrogens with one attached hydrogen (secondary N) is 2. The molecule has 5 nitrogen and oxygen atoms in total. The van der Waals surface area contributed by atoms with Gasteiger partial charge in [0.25, 0.3) is 0 Å². The van der Waals surface area contributed by atoms with Crippen molar-refractivity contribution < 1.29 is 4.74 Å². The molecule has 5 heteroatoms. The van der Waals surface area contributed by atoms with Crippen molar-refractivity contribution in [2.24, 2.45) is 0 Å². The average molecular weight is 352 g/mol. The smallest absolute Gasteiger partial charge is 0.225 e. The lowest BCUT2D eigenvalue weighted by Gasteiger charge is -2.14. The summed E-state index contributed by atoms with van der Waals surface area (Å²) < 4.78 is 5.10. The topological polar surface area (TPSA) is 59.1 Å². The lowest BCUT2D eigenvalue weighted by Crippen LogP contribution is -2.12. The lowest BCUT2D eigenvalue weighted by atomic mass is 9.97. The second-order valence-corrected chi connectivity index (χ2v) is 6.53. The van der Waals surface area contributed by atoms with Crippen LogP contribution in [0.4, 0.5) is 11.8 Å². The van der Waals surface area contributed by atoms with Gasteiger partial charge in [0.15, 0.2) is 0 Å². The maximum Gasteiger partial charge on any atom is 0.225 e. The van der Waals surface area contributed by atoms with Gasteiger partial charge in [-0.25, -0.2) is 4.98 Å². The number of nitrogens with zero attached hydrogens (tertiary/aromatic N) is 2. The van der Waals surface area contributed by atoms with E-state index in [4.69, 9.17) is 4.74 Å². The maximum atomic E-state index is 5.10.